The van der Waals surface area contributed by atoms with E-state index in [2.05, 4.69) is 11.9 Å². The molecule has 0 saturated heterocycles. The molecule has 0 radical (unpaired) electrons. The molecule has 0 aliphatic heterocycles. The van der Waals surface area contributed by atoms with Gasteiger partial charge in [0.15, 0.2) is 17.9 Å². The van der Waals surface area contributed by atoms with E-state index in [9.17, 15) is 13.6 Å². The highest BCUT2D eigenvalue weighted by Crippen LogP contribution is 2.29. The number of nitrogens with zero attached hydrogens (tertiary/aromatic N) is 1. The van der Waals surface area contributed by atoms with Crippen LogP contribution in [0.15, 0.2) is 30.5 Å². The van der Waals surface area contributed by atoms with Gasteiger partial charge in [0.1, 0.15) is 0 Å². The van der Waals surface area contributed by atoms with E-state index in [1.54, 1.807) is 0 Å². The molecule has 2 aromatic rings. The van der Waals surface area contributed by atoms with Crippen molar-refractivity contribution in [3.8, 4) is 17.0 Å². The topological polar surface area (TPSA) is 39.2 Å². The Labute approximate surface area is 159 Å². The van der Waals surface area contributed by atoms with Gasteiger partial charge < -0.3 is 4.74 Å². The van der Waals surface area contributed by atoms with Gasteiger partial charge >= 0.3 is 0 Å². The van der Waals surface area contributed by atoms with E-state index < -0.39 is 11.6 Å². The van der Waals surface area contributed by atoms with Crippen LogP contribution in [0.2, 0.25) is 0 Å². The fourth-order valence-corrected chi connectivity index (χ4v) is 2.89. The first-order valence-corrected chi connectivity index (χ1v) is 9.69. The molecule has 2 rings (SSSR count). The summed E-state index contributed by atoms with van der Waals surface area (Å²) in [5.74, 6) is -2.08. The predicted octanol–water partition coefficient (Wildman–Crippen LogP) is 6.36. The smallest absolute Gasteiger partial charge is 0.201 e. The van der Waals surface area contributed by atoms with Gasteiger partial charge in [0.25, 0.3) is 0 Å². The van der Waals surface area contributed by atoms with Crippen molar-refractivity contribution in [3.05, 3.63) is 47.7 Å². The molecule has 0 fully saturated rings. The lowest BCUT2D eigenvalue weighted by molar-refractivity contribution is 0.112. The number of ether oxygens (including phenoxy) is 1. The number of hydrogen-bond acceptors (Lipinski definition) is 3. The summed E-state index contributed by atoms with van der Waals surface area (Å²) < 4.78 is 34.0. The Balaban J connectivity index is 1.83. The number of carbonyl (C=O) groups is 1. The van der Waals surface area contributed by atoms with E-state index in [1.165, 1.54) is 62.6 Å². The highest BCUT2D eigenvalue weighted by Gasteiger charge is 2.16. The molecule has 5 heteroatoms. The summed E-state index contributed by atoms with van der Waals surface area (Å²) in [5.41, 5.74) is 0.695. The molecule has 1 aromatic carbocycles. The molecule has 3 nitrogen and oxygen atoms in total. The van der Waals surface area contributed by atoms with Crippen LogP contribution in [-0.4, -0.2) is 17.9 Å². The van der Waals surface area contributed by atoms with Gasteiger partial charge in [-0.15, -0.1) is 0 Å². The fourth-order valence-electron chi connectivity index (χ4n) is 2.89. The quantitative estimate of drug-likeness (QED) is 0.320. The minimum absolute atomic E-state index is 0.0457. The molecule has 0 aliphatic rings. The average Bonchev–Trinajstić information content (AvgIpc) is 2.70. The highest BCUT2D eigenvalue weighted by molar-refractivity contribution is 5.75. The second-order valence-electron chi connectivity index (χ2n) is 6.66. The third kappa shape index (κ3) is 6.42. The molecule has 0 unspecified atom stereocenters. The molecule has 0 saturated carbocycles. The van der Waals surface area contributed by atoms with Crippen LogP contribution in [0.25, 0.3) is 11.3 Å². The first-order valence-electron chi connectivity index (χ1n) is 9.69. The Morgan fingerprint density at radius 2 is 1.63 bits per heavy atom. The maximum absolute atomic E-state index is 14.3. The van der Waals surface area contributed by atoms with Crippen LogP contribution in [0.1, 0.15) is 68.6 Å². The number of halogens is 2. The van der Waals surface area contributed by atoms with Gasteiger partial charge in [-0.3, -0.25) is 9.78 Å². The van der Waals surface area contributed by atoms with Crippen LogP contribution < -0.4 is 4.74 Å². The van der Waals surface area contributed by atoms with Crippen LogP contribution >= 0.6 is 0 Å². The summed E-state index contributed by atoms with van der Waals surface area (Å²) in [5, 5.41) is 0. The standard InChI is InChI=1S/C22H27F2NO2/c1-2-3-4-5-6-7-8-9-14-27-20-13-11-18(21(23)22(20)24)19-12-10-17(16-26)15-25-19/h10-13,15-16H,2-9,14H2,1H3. The van der Waals surface area contributed by atoms with Gasteiger partial charge in [0.2, 0.25) is 5.82 Å². The monoisotopic (exact) mass is 375 g/mol. The van der Waals surface area contributed by atoms with E-state index >= 15 is 0 Å². The van der Waals surface area contributed by atoms with Crippen LogP contribution in [-0.2, 0) is 0 Å². The van der Waals surface area contributed by atoms with Gasteiger partial charge in [-0.1, -0.05) is 51.9 Å². The molecule has 27 heavy (non-hydrogen) atoms. The first kappa shape index (κ1) is 21.0. The summed E-state index contributed by atoms with van der Waals surface area (Å²) >= 11 is 0. The van der Waals surface area contributed by atoms with Gasteiger partial charge in [-0.25, -0.2) is 4.39 Å². The molecule has 146 valence electrons. The molecular formula is C22H27F2NO2. The molecule has 0 bridgehead atoms. The molecule has 1 heterocycles. The molecule has 0 aliphatic carbocycles. The van der Waals surface area contributed by atoms with Gasteiger partial charge in [0.05, 0.1) is 12.3 Å². The van der Waals surface area contributed by atoms with Crippen molar-refractivity contribution in [3.63, 3.8) is 0 Å². The Morgan fingerprint density at radius 1 is 0.926 bits per heavy atom. The number of hydrogen-bond donors (Lipinski definition) is 0. The molecular weight excluding hydrogens is 348 g/mol. The van der Waals surface area contributed by atoms with Crippen molar-refractivity contribution in [2.24, 2.45) is 0 Å². The van der Waals surface area contributed by atoms with E-state index in [1.807, 2.05) is 0 Å². The average molecular weight is 375 g/mol. The number of aldehydes is 1. The van der Waals surface area contributed by atoms with Crippen molar-refractivity contribution < 1.29 is 18.3 Å². The Morgan fingerprint density at radius 3 is 2.26 bits per heavy atom. The zero-order valence-electron chi connectivity index (χ0n) is 15.8. The van der Waals surface area contributed by atoms with Gasteiger partial charge in [-0.2, -0.15) is 4.39 Å². The number of unbranched alkanes of at least 4 members (excludes halogenated alkanes) is 7. The number of aromatic nitrogens is 1. The normalized spacial score (nSPS) is 10.8. The minimum atomic E-state index is -1.01. The lowest BCUT2D eigenvalue weighted by Gasteiger charge is -2.10. The Kier molecular flexibility index (Phi) is 8.89. The maximum Gasteiger partial charge on any atom is 0.201 e. The van der Waals surface area contributed by atoms with Gasteiger partial charge in [-0.05, 0) is 30.7 Å². The number of benzene rings is 1. The van der Waals surface area contributed by atoms with Gasteiger partial charge in [0, 0.05) is 17.3 Å². The fraction of sp³-hybridized carbons (Fsp3) is 0.455. The highest BCUT2D eigenvalue weighted by atomic mass is 19.2. The van der Waals surface area contributed by atoms with E-state index in [4.69, 9.17) is 4.74 Å². The Hall–Kier alpha value is -2.30. The van der Waals surface area contributed by atoms with Crippen molar-refractivity contribution in [2.75, 3.05) is 6.61 Å². The zero-order valence-corrected chi connectivity index (χ0v) is 15.8. The lowest BCUT2D eigenvalue weighted by Crippen LogP contribution is -2.02. The summed E-state index contributed by atoms with van der Waals surface area (Å²) in [6, 6.07) is 5.88. The van der Waals surface area contributed by atoms with Crippen molar-refractivity contribution in [2.45, 2.75) is 58.3 Å². The number of carbonyl (C=O) groups excluding carboxylic acids is 1. The van der Waals surface area contributed by atoms with Crippen molar-refractivity contribution >= 4 is 6.29 Å². The second kappa shape index (κ2) is 11.4. The second-order valence-corrected chi connectivity index (χ2v) is 6.66. The largest absolute Gasteiger partial charge is 0.490 e. The summed E-state index contributed by atoms with van der Waals surface area (Å²) in [4.78, 5) is 14.6. The third-order valence-corrected chi connectivity index (χ3v) is 4.50. The first-order chi connectivity index (χ1) is 13.2. The molecule has 1 aromatic heterocycles. The van der Waals surface area contributed by atoms with Crippen molar-refractivity contribution in [1.29, 1.82) is 0 Å². The third-order valence-electron chi connectivity index (χ3n) is 4.50. The summed E-state index contributed by atoms with van der Waals surface area (Å²) in [6.45, 7) is 2.57. The molecule has 0 amide bonds. The van der Waals surface area contributed by atoms with Crippen LogP contribution in [0, 0.1) is 11.6 Å². The summed E-state index contributed by atoms with van der Waals surface area (Å²) in [6.07, 6.45) is 11.3. The Bertz CT molecular complexity index is 717. The minimum Gasteiger partial charge on any atom is -0.490 e. The van der Waals surface area contributed by atoms with Crippen LogP contribution in [0.5, 0.6) is 5.75 Å². The van der Waals surface area contributed by atoms with E-state index in [0.29, 0.717) is 18.5 Å². The van der Waals surface area contributed by atoms with E-state index in [-0.39, 0.29) is 17.0 Å². The molecule has 0 spiro atoms. The maximum atomic E-state index is 14.3. The zero-order chi connectivity index (χ0) is 19.5. The van der Waals surface area contributed by atoms with E-state index in [0.717, 1.165) is 19.3 Å². The molecule has 0 atom stereocenters. The predicted molar refractivity (Wildman–Crippen MR) is 103 cm³/mol. The van der Waals surface area contributed by atoms with Crippen molar-refractivity contribution in [1.82, 2.24) is 4.98 Å². The lowest BCUT2D eigenvalue weighted by atomic mass is 10.1. The number of pyridine rings is 1. The van der Waals surface area contributed by atoms with Crippen LogP contribution in [0.4, 0.5) is 8.78 Å². The SMILES string of the molecule is CCCCCCCCCCOc1ccc(-c2ccc(C=O)cn2)c(F)c1F. The van der Waals surface area contributed by atoms with Crippen LogP contribution in [0.3, 0.4) is 0 Å². The molecule has 0 N–H and O–H groups in total. The number of rotatable bonds is 12. The summed E-state index contributed by atoms with van der Waals surface area (Å²) in [7, 11) is 0.